The third-order valence-corrected chi connectivity index (χ3v) is 5.46. The summed E-state index contributed by atoms with van der Waals surface area (Å²) >= 11 is 0. The predicted molar refractivity (Wildman–Crippen MR) is 87.2 cm³/mol. The van der Waals surface area contributed by atoms with Crippen molar-refractivity contribution >= 4 is 19.0 Å². The van der Waals surface area contributed by atoms with E-state index in [1.54, 1.807) is 7.11 Å². The molecule has 0 N–H and O–H groups in total. The van der Waals surface area contributed by atoms with Crippen molar-refractivity contribution in [2.75, 3.05) is 26.7 Å². The normalized spacial score (nSPS) is 35.8. The molecule has 4 aliphatic rings. The van der Waals surface area contributed by atoms with Gasteiger partial charge in [-0.25, -0.2) is 0 Å². The summed E-state index contributed by atoms with van der Waals surface area (Å²) in [7, 11) is 2.01. The van der Waals surface area contributed by atoms with Crippen molar-refractivity contribution in [2.24, 2.45) is 5.92 Å². The molecule has 1 spiro atoms. The van der Waals surface area contributed by atoms with Crippen LogP contribution in [0, 0.1) is 5.92 Å². The minimum Gasteiger partial charge on any atom is -0.519 e. The maximum atomic E-state index is 6.53. The van der Waals surface area contributed by atoms with E-state index in [1.165, 1.54) is 42.4 Å². The summed E-state index contributed by atoms with van der Waals surface area (Å²) in [5, 5.41) is 0. The molecule has 1 aromatic heterocycles. The molecule has 4 aliphatic heterocycles. The highest BCUT2D eigenvalue weighted by atomic mass is 16.5. The van der Waals surface area contributed by atoms with Gasteiger partial charge in [-0.15, -0.1) is 0 Å². The number of piperidine rings is 3. The van der Waals surface area contributed by atoms with Crippen LogP contribution in [0.2, 0.25) is 0 Å². The van der Waals surface area contributed by atoms with E-state index < -0.39 is 0 Å². The first kappa shape index (κ1) is 12.8. The first-order chi connectivity index (χ1) is 10.6. The van der Waals surface area contributed by atoms with Crippen LogP contribution >= 0.6 is 0 Å². The Hall–Kier alpha value is -1.69. The van der Waals surface area contributed by atoms with Crippen molar-refractivity contribution in [3.63, 3.8) is 0 Å². The number of quaternary nitrogens is 1. The number of hydrogen-bond acceptors (Lipinski definition) is 3. The zero-order valence-corrected chi connectivity index (χ0v) is 12.2. The Morgan fingerprint density at radius 2 is 2.23 bits per heavy atom. The van der Waals surface area contributed by atoms with Gasteiger partial charge in [0.25, 0.3) is 6.01 Å². The molecule has 1 unspecified atom stereocenters. The quantitative estimate of drug-likeness (QED) is 0.727. The molecule has 2 aromatic rings. The van der Waals surface area contributed by atoms with Gasteiger partial charge in [0.2, 0.25) is 0 Å². The van der Waals surface area contributed by atoms with Crippen LogP contribution in [0.15, 0.2) is 18.2 Å². The minimum absolute atomic E-state index is 0.0364. The van der Waals surface area contributed by atoms with Crippen LogP contribution in [0.5, 0.6) is 11.8 Å². The van der Waals surface area contributed by atoms with Gasteiger partial charge in [0.05, 0.1) is 31.2 Å². The van der Waals surface area contributed by atoms with E-state index in [-0.39, 0.29) is 5.60 Å². The van der Waals surface area contributed by atoms with Gasteiger partial charge in [0, 0.05) is 25.1 Å². The predicted octanol–water partition coefficient (Wildman–Crippen LogP) is 0.697. The van der Waals surface area contributed by atoms with Crippen LogP contribution in [0.1, 0.15) is 12.8 Å². The molecule has 6 rings (SSSR count). The second-order valence-corrected chi connectivity index (χ2v) is 6.55. The zero-order valence-electron chi connectivity index (χ0n) is 12.2. The number of hydrogen-bond donors (Lipinski definition) is 0. The molecule has 5 nitrogen and oxygen atoms in total. The number of rotatable bonds is 1. The summed E-state index contributed by atoms with van der Waals surface area (Å²) in [6, 6.07) is 6.96. The molecule has 0 aliphatic carbocycles. The molecule has 1 atom stereocenters. The van der Waals surface area contributed by atoms with Gasteiger partial charge >= 0.3 is 0 Å². The Labute approximate surface area is 130 Å². The first-order valence-electron chi connectivity index (χ1n) is 7.73. The molecule has 116 valence electrons. The number of methoxy groups -OCH3 is 1. The number of fused-ring (bicyclic) bond motifs is 5. The molecule has 3 fully saturated rings. The zero-order chi connectivity index (χ0) is 14.9. The summed E-state index contributed by atoms with van der Waals surface area (Å²) in [6.07, 6.45) is 2.69. The van der Waals surface area contributed by atoms with E-state index in [4.69, 9.17) is 14.5 Å². The summed E-state index contributed by atoms with van der Waals surface area (Å²) in [4.78, 5) is 4.73. The average Bonchev–Trinajstić information content (AvgIpc) is 3.00. The average molecular weight is 299 g/mol. The Bertz CT molecular complexity index is 766. The molecular formula is C16H22BN3O2. The Kier molecular flexibility index (Phi) is 2.32. The van der Waals surface area contributed by atoms with Gasteiger partial charge in [0.15, 0.2) is 13.6 Å². The molecule has 5 heterocycles. The van der Waals surface area contributed by atoms with Crippen molar-refractivity contribution in [1.82, 2.24) is 9.55 Å². The van der Waals surface area contributed by atoms with Gasteiger partial charge in [-0.3, -0.25) is 4.57 Å². The van der Waals surface area contributed by atoms with Crippen LogP contribution < -0.4 is 9.47 Å². The summed E-state index contributed by atoms with van der Waals surface area (Å²) < 4.78 is 15.5. The van der Waals surface area contributed by atoms with E-state index in [1.807, 2.05) is 12.1 Å². The first-order valence-corrected chi connectivity index (χ1v) is 7.73. The molecule has 1 aromatic carbocycles. The standard InChI is InChI=1S/C16H22BN3O2/c1-21-12-2-3-14-13(8-12)18-15-19(14)9-16(22-15)10-20(17)6-4-11(16)5-7-20/h2-3,8,11H,4-7,9-10H2,1,17H3. The van der Waals surface area contributed by atoms with E-state index in [2.05, 4.69) is 10.6 Å². The number of imidazole rings is 1. The molecule has 0 radical (unpaired) electrons. The fraction of sp³-hybridized carbons (Fsp3) is 0.562. The van der Waals surface area contributed by atoms with Gasteiger partial charge in [-0.1, -0.05) is 0 Å². The van der Waals surface area contributed by atoms with Crippen LogP contribution in [0.3, 0.4) is 0 Å². The lowest BCUT2D eigenvalue weighted by Crippen LogP contribution is -2.69. The smallest absolute Gasteiger partial charge is 0.298 e. The SMILES string of the molecule is [BH3-][N+]12CCC(CC1)C1(Cn3c(nc4cc(OC)ccc43)O1)C2. The lowest BCUT2D eigenvalue weighted by atomic mass is 9.71. The largest absolute Gasteiger partial charge is 0.519 e. The van der Waals surface area contributed by atoms with E-state index in [9.17, 15) is 0 Å². The second-order valence-electron chi connectivity index (χ2n) is 6.55. The Morgan fingerprint density at radius 3 is 2.95 bits per heavy atom. The molecule has 0 amide bonds. The minimum atomic E-state index is 0.0364. The summed E-state index contributed by atoms with van der Waals surface area (Å²) in [5.74, 6) is 1.58. The third kappa shape index (κ3) is 1.56. The van der Waals surface area contributed by atoms with Gasteiger partial charge in [-0.2, -0.15) is 4.98 Å². The van der Waals surface area contributed by atoms with E-state index in [0.717, 1.165) is 29.7 Å². The van der Waals surface area contributed by atoms with E-state index in [0.29, 0.717) is 7.98 Å². The number of aromatic nitrogens is 2. The molecular weight excluding hydrogens is 277 g/mol. The van der Waals surface area contributed by atoms with Crippen LogP contribution in [0.25, 0.3) is 11.0 Å². The Balaban J connectivity index is 1.56. The van der Waals surface area contributed by atoms with Gasteiger partial charge in [0.1, 0.15) is 5.75 Å². The highest BCUT2D eigenvalue weighted by Crippen LogP contribution is 2.47. The number of ether oxygens (including phenoxy) is 2. The highest BCUT2D eigenvalue weighted by molar-refractivity contribution is 5.97. The van der Waals surface area contributed by atoms with Gasteiger partial charge in [-0.05, 0) is 25.0 Å². The maximum absolute atomic E-state index is 6.53. The number of nitrogens with zero attached hydrogens (tertiary/aromatic N) is 3. The number of benzene rings is 1. The summed E-state index contributed by atoms with van der Waals surface area (Å²) in [6.45, 7) is 5.05. The summed E-state index contributed by atoms with van der Waals surface area (Å²) in [5.41, 5.74) is 2.20. The second kappa shape index (κ2) is 3.99. The third-order valence-electron chi connectivity index (χ3n) is 5.46. The topological polar surface area (TPSA) is 36.3 Å². The van der Waals surface area contributed by atoms with Gasteiger partial charge < -0.3 is 13.9 Å². The fourth-order valence-corrected chi connectivity index (χ4v) is 4.35. The van der Waals surface area contributed by atoms with E-state index >= 15 is 0 Å². The van der Waals surface area contributed by atoms with Crippen molar-refractivity contribution < 1.29 is 13.9 Å². The van der Waals surface area contributed by atoms with Crippen molar-refractivity contribution in [3.8, 4) is 11.8 Å². The Morgan fingerprint density at radius 1 is 1.41 bits per heavy atom. The van der Waals surface area contributed by atoms with Crippen LogP contribution in [-0.4, -0.2) is 54.3 Å². The molecule has 2 bridgehead atoms. The molecule has 6 heteroatoms. The monoisotopic (exact) mass is 299 g/mol. The fourth-order valence-electron chi connectivity index (χ4n) is 4.35. The van der Waals surface area contributed by atoms with Crippen molar-refractivity contribution in [2.45, 2.75) is 25.0 Å². The molecule has 0 saturated carbocycles. The lowest BCUT2D eigenvalue weighted by molar-refractivity contribution is -0.845. The maximum Gasteiger partial charge on any atom is 0.298 e. The lowest BCUT2D eigenvalue weighted by Gasteiger charge is -2.60. The van der Waals surface area contributed by atoms with Crippen LogP contribution in [-0.2, 0) is 6.54 Å². The van der Waals surface area contributed by atoms with Crippen LogP contribution in [0.4, 0.5) is 0 Å². The van der Waals surface area contributed by atoms with Crippen molar-refractivity contribution in [1.29, 1.82) is 0 Å². The molecule has 3 saturated heterocycles. The molecule has 22 heavy (non-hydrogen) atoms. The van der Waals surface area contributed by atoms with Crippen molar-refractivity contribution in [3.05, 3.63) is 18.2 Å². The highest BCUT2D eigenvalue weighted by Gasteiger charge is 2.56.